The van der Waals surface area contributed by atoms with Crippen LogP contribution in [-0.2, 0) is 4.74 Å². The van der Waals surface area contributed by atoms with Crippen molar-refractivity contribution >= 4 is 21.6 Å². The maximum absolute atomic E-state index is 5.79. The second kappa shape index (κ2) is 6.36. The van der Waals surface area contributed by atoms with Gasteiger partial charge in [0.1, 0.15) is 0 Å². The van der Waals surface area contributed by atoms with Crippen LogP contribution >= 0.6 is 21.6 Å². The molecule has 3 heteroatoms. The Morgan fingerprint density at radius 2 is 1.83 bits per heavy atom. The Morgan fingerprint density at radius 1 is 1.17 bits per heavy atom. The van der Waals surface area contributed by atoms with Crippen molar-refractivity contribution in [3.8, 4) is 0 Å². The van der Waals surface area contributed by atoms with E-state index in [-0.39, 0.29) is 0 Å². The van der Waals surface area contributed by atoms with Crippen molar-refractivity contribution in [2.24, 2.45) is 0 Å². The molecule has 1 spiro atoms. The minimum absolute atomic E-state index is 0.388. The van der Waals surface area contributed by atoms with Crippen molar-refractivity contribution in [2.75, 3.05) is 7.11 Å². The molecule has 1 aromatic carbocycles. The van der Waals surface area contributed by atoms with Gasteiger partial charge in [-0.15, -0.1) is 0 Å². The second-order valence-electron chi connectivity index (χ2n) is 4.59. The molecule has 2 unspecified atom stereocenters. The van der Waals surface area contributed by atoms with Gasteiger partial charge < -0.3 is 4.74 Å². The molecule has 2 fully saturated rings. The van der Waals surface area contributed by atoms with Gasteiger partial charge in [-0.05, 0) is 18.4 Å². The summed E-state index contributed by atoms with van der Waals surface area (Å²) in [5.41, 5.74) is 1.41. The van der Waals surface area contributed by atoms with Crippen molar-refractivity contribution in [2.45, 2.75) is 49.2 Å². The highest BCUT2D eigenvalue weighted by Gasteiger charge is 2.54. The molecule has 0 bridgehead atoms. The van der Waals surface area contributed by atoms with Gasteiger partial charge in [0.25, 0.3) is 0 Å². The van der Waals surface area contributed by atoms with E-state index in [0.717, 1.165) is 0 Å². The Balaban J connectivity index is 0.000000574. The van der Waals surface area contributed by atoms with Gasteiger partial charge in [-0.2, -0.15) is 0 Å². The Morgan fingerprint density at radius 3 is 2.33 bits per heavy atom. The largest absolute Gasteiger partial charge is 0.378 e. The van der Waals surface area contributed by atoms with E-state index < -0.39 is 0 Å². The molecule has 18 heavy (non-hydrogen) atoms. The number of hydrogen-bond acceptors (Lipinski definition) is 3. The molecule has 0 N–H and O–H groups in total. The van der Waals surface area contributed by atoms with Gasteiger partial charge in [-0.1, -0.05) is 72.2 Å². The summed E-state index contributed by atoms with van der Waals surface area (Å²) in [6.45, 7) is 4.00. The lowest BCUT2D eigenvalue weighted by atomic mass is 9.77. The van der Waals surface area contributed by atoms with E-state index in [9.17, 15) is 0 Å². The zero-order valence-corrected chi connectivity index (χ0v) is 13.0. The van der Waals surface area contributed by atoms with Crippen molar-refractivity contribution in [1.82, 2.24) is 0 Å². The molecule has 0 aromatic heterocycles. The molecule has 0 amide bonds. The number of ether oxygens (including phenoxy) is 1. The number of benzene rings is 1. The summed E-state index contributed by atoms with van der Waals surface area (Å²) in [5, 5.41) is 0.511. The fourth-order valence-electron chi connectivity index (χ4n) is 2.63. The van der Waals surface area contributed by atoms with Crippen molar-refractivity contribution < 1.29 is 4.74 Å². The summed E-state index contributed by atoms with van der Waals surface area (Å²) in [5.74, 6) is 0. The standard InChI is InChI=1S/C13H16OS2.C2H6/c1-14-12-11(10-6-3-2-4-7-10)15-16-13(12)8-5-9-13;1-2/h2-4,6-7,11-12H,5,8-9H2,1H3;1-2H3. The van der Waals surface area contributed by atoms with Crippen LogP contribution in [0.25, 0.3) is 0 Å². The molecule has 2 aliphatic rings. The third-order valence-corrected chi connectivity index (χ3v) is 7.40. The average molecular weight is 282 g/mol. The minimum atomic E-state index is 0.388. The lowest BCUT2D eigenvalue weighted by Gasteiger charge is -2.41. The van der Waals surface area contributed by atoms with Crippen LogP contribution in [0.4, 0.5) is 0 Å². The molecule has 1 heterocycles. The van der Waals surface area contributed by atoms with Crippen LogP contribution in [0.2, 0.25) is 0 Å². The number of hydrogen-bond donors (Lipinski definition) is 0. The summed E-state index contributed by atoms with van der Waals surface area (Å²) in [6.07, 6.45) is 4.41. The van der Waals surface area contributed by atoms with Gasteiger partial charge in [0.15, 0.2) is 0 Å². The Kier molecular flexibility index (Phi) is 5.05. The summed E-state index contributed by atoms with van der Waals surface area (Å²) in [7, 11) is 5.93. The fourth-order valence-corrected chi connectivity index (χ4v) is 6.84. The van der Waals surface area contributed by atoms with E-state index in [1.54, 1.807) is 0 Å². The normalized spacial score (nSPS) is 28.4. The van der Waals surface area contributed by atoms with Crippen LogP contribution in [0.3, 0.4) is 0 Å². The van der Waals surface area contributed by atoms with Crippen LogP contribution in [0.15, 0.2) is 30.3 Å². The third kappa shape index (κ3) is 2.45. The first kappa shape index (κ1) is 14.3. The first-order valence-corrected chi connectivity index (χ1v) is 8.99. The van der Waals surface area contributed by atoms with Crippen molar-refractivity contribution in [3.63, 3.8) is 0 Å². The van der Waals surface area contributed by atoms with Crippen LogP contribution in [-0.4, -0.2) is 18.0 Å². The van der Waals surface area contributed by atoms with Gasteiger partial charge >= 0.3 is 0 Å². The molecule has 1 saturated carbocycles. The summed E-state index contributed by atoms with van der Waals surface area (Å²) < 4.78 is 6.21. The number of rotatable bonds is 2. The molecule has 1 saturated heterocycles. The average Bonchev–Trinajstić information content (AvgIpc) is 2.81. The molecule has 1 aliphatic carbocycles. The predicted molar refractivity (Wildman–Crippen MR) is 83.1 cm³/mol. The molecule has 1 nitrogen and oxygen atoms in total. The predicted octanol–water partition coefficient (Wildman–Crippen LogP) is 5.09. The van der Waals surface area contributed by atoms with E-state index in [1.165, 1.54) is 24.8 Å². The Labute approximate surface area is 118 Å². The highest BCUT2D eigenvalue weighted by molar-refractivity contribution is 8.77. The quantitative estimate of drug-likeness (QED) is 0.700. The van der Waals surface area contributed by atoms with Crippen molar-refractivity contribution in [3.05, 3.63) is 35.9 Å². The van der Waals surface area contributed by atoms with Gasteiger partial charge in [-0.25, -0.2) is 0 Å². The highest BCUT2D eigenvalue weighted by Crippen LogP contribution is 2.66. The summed E-state index contributed by atoms with van der Waals surface area (Å²) >= 11 is 0. The number of methoxy groups -OCH3 is 1. The molecule has 1 aromatic rings. The van der Waals surface area contributed by atoms with E-state index in [4.69, 9.17) is 4.74 Å². The molecule has 0 radical (unpaired) electrons. The maximum atomic E-state index is 5.79. The van der Waals surface area contributed by atoms with E-state index in [0.29, 0.717) is 16.1 Å². The zero-order chi connectivity index (χ0) is 13.0. The summed E-state index contributed by atoms with van der Waals surface area (Å²) in [6, 6.07) is 10.8. The monoisotopic (exact) mass is 282 g/mol. The van der Waals surface area contributed by atoms with Crippen LogP contribution in [0.5, 0.6) is 0 Å². The van der Waals surface area contributed by atoms with Gasteiger partial charge in [0, 0.05) is 7.11 Å². The minimum Gasteiger partial charge on any atom is -0.378 e. The lowest BCUT2D eigenvalue weighted by molar-refractivity contribution is 0.0410. The van der Waals surface area contributed by atoms with Gasteiger partial charge in [-0.3, -0.25) is 0 Å². The van der Waals surface area contributed by atoms with E-state index in [1.807, 2.05) is 31.8 Å². The maximum Gasteiger partial charge on any atom is 0.0893 e. The SMILES string of the molecule is CC.COC1C(c2ccccc2)SSC12CCC2. The van der Waals surface area contributed by atoms with Gasteiger partial charge in [0.2, 0.25) is 0 Å². The van der Waals surface area contributed by atoms with E-state index in [2.05, 4.69) is 41.1 Å². The molecule has 2 atom stereocenters. The van der Waals surface area contributed by atoms with Crippen molar-refractivity contribution in [1.29, 1.82) is 0 Å². The Hall–Kier alpha value is -0.120. The highest BCUT2D eigenvalue weighted by atomic mass is 33.1. The van der Waals surface area contributed by atoms with Crippen LogP contribution in [0, 0.1) is 0 Å². The molecular formula is C15H22OS2. The van der Waals surface area contributed by atoms with Gasteiger partial charge in [0.05, 0.1) is 16.1 Å². The second-order valence-corrected chi connectivity index (χ2v) is 7.34. The molecule has 100 valence electrons. The topological polar surface area (TPSA) is 9.23 Å². The molecule has 1 aliphatic heterocycles. The fraction of sp³-hybridized carbons (Fsp3) is 0.600. The lowest BCUT2D eigenvalue weighted by Crippen LogP contribution is -2.44. The Bertz CT molecular complexity index is 362. The first-order valence-electron chi connectivity index (χ1n) is 6.78. The van der Waals surface area contributed by atoms with E-state index >= 15 is 0 Å². The smallest absolute Gasteiger partial charge is 0.0893 e. The molecule has 3 rings (SSSR count). The zero-order valence-electron chi connectivity index (χ0n) is 11.4. The van der Waals surface area contributed by atoms with Crippen LogP contribution < -0.4 is 0 Å². The first-order chi connectivity index (χ1) is 8.86. The molecular weight excluding hydrogens is 260 g/mol. The summed E-state index contributed by atoms with van der Waals surface area (Å²) in [4.78, 5) is 0. The van der Waals surface area contributed by atoms with Crippen LogP contribution in [0.1, 0.15) is 43.9 Å². The third-order valence-electron chi connectivity index (χ3n) is 3.69.